The Labute approximate surface area is 647 Å². The highest BCUT2D eigenvalue weighted by atomic mass is 35.5. The number of nitriles is 3. The second-order valence-electron chi connectivity index (χ2n) is 26.7. The van der Waals surface area contributed by atoms with Crippen LogP contribution in [0.3, 0.4) is 0 Å². The molecule has 10 aromatic heterocycles. The molecule has 0 radical (unpaired) electrons. The zero-order valence-corrected chi connectivity index (χ0v) is 63.8. The molecule has 0 bridgehead atoms. The molecule has 0 amide bonds. The van der Waals surface area contributed by atoms with Crippen molar-refractivity contribution in [2.24, 2.45) is 0 Å². The summed E-state index contributed by atoms with van der Waals surface area (Å²) in [5, 5.41) is 59.1. The van der Waals surface area contributed by atoms with E-state index in [9.17, 15) is 58.7 Å². The maximum absolute atomic E-state index is 14.2. The van der Waals surface area contributed by atoms with Gasteiger partial charge in [0.25, 0.3) is 16.7 Å². The zero-order chi connectivity index (χ0) is 80.7. The third-order valence-electron chi connectivity index (χ3n) is 16.4. The summed E-state index contributed by atoms with van der Waals surface area (Å²) in [5.41, 5.74) is 1.57. The van der Waals surface area contributed by atoms with E-state index in [2.05, 4.69) is 67.0 Å². The number of halogens is 6. The Morgan fingerprint density at radius 3 is 1.16 bits per heavy atom. The van der Waals surface area contributed by atoms with Crippen LogP contribution in [0.4, 0.5) is 13.2 Å². The molecule has 3 N–H and O–H groups in total. The van der Waals surface area contributed by atoms with Crippen LogP contribution >= 0.6 is 34.8 Å². The number of rotatable bonds is 18. The van der Waals surface area contributed by atoms with Crippen molar-refractivity contribution in [1.29, 1.82) is 15.8 Å². The second kappa shape index (κ2) is 33.5. The van der Waals surface area contributed by atoms with Gasteiger partial charge in [-0.3, -0.25) is 48.0 Å². The summed E-state index contributed by atoms with van der Waals surface area (Å²) in [4.78, 5) is 86.1. The van der Waals surface area contributed by atoms with E-state index in [-0.39, 0.29) is 121 Å². The summed E-state index contributed by atoms with van der Waals surface area (Å²) in [6.45, 7) is 18.7. The fourth-order valence-corrected chi connectivity index (χ4v) is 11.4. The number of benzene rings is 2. The Hall–Kier alpha value is -12.5. The number of ether oxygens (including phenoxy) is 3. The number of hydrogen-bond donors (Lipinski definition) is 3. The maximum atomic E-state index is 14.2. The lowest BCUT2D eigenvalue weighted by molar-refractivity contribution is 0.0683. The van der Waals surface area contributed by atoms with E-state index in [1.54, 1.807) is 144 Å². The van der Waals surface area contributed by atoms with Crippen LogP contribution in [0.1, 0.15) is 127 Å². The number of aromatic nitrogens is 14. The molecular weight excluding hydrogens is 1490 g/mol. The molecule has 12 rings (SSSR count). The second-order valence-corrected chi connectivity index (χ2v) is 27.8. The monoisotopic (exact) mass is 1560 g/mol. The van der Waals surface area contributed by atoms with Crippen LogP contribution in [-0.4, -0.2) is 83.8 Å². The normalized spacial score (nSPS) is 11.3. The van der Waals surface area contributed by atoms with Gasteiger partial charge in [-0.05, 0) is 167 Å². The first kappa shape index (κ1) is 81.0. The van der Waals surface area contributed by atoms with E-state index >= 15 is 0 Å². The highest BCUT2D eigenvalue weighted by Gasteiger charge is 2.27. The molecule has 0 saturated carbocycles. The zero-order valence-electron chi connectivity index (χ0n) is 61.5. The number of aliphatic hydroxyl groups is 3. The molecule has 0 fully saturated rings. The van der Waals surface area contributed by atoms with Crippen molar-refractivity contribution < 1.29 is 42.7 Å². The molecule has 2 aromatic carbocycles. The SMILES string of the molecule is Cc1cnc(COc2cc(C)n(-c3cc(-c4ccnc(C(C)(C)O)n4)ccc3C#N)c(=O)c2Cl)c(F)c1.Cc1cnc(COc2cc(C)n(-c3cc(-c4ccnc(C(C)(C)O)n4)ncc3C#N)c(=O)c2Cl)c(F)c1.Cc1cnc(COc2nc(C)n(-c3cc(-c4ccnc(C(C)(C)O)n4)ccc3C#N)c(=O)c2Cl)c(F)c1. The molecular formula is C79H67Cl3F3N17O9. The average Bonchev–Trinajstić information content (AvgIpc) is 0.780. The van der Waals surface area contributed by atoms with Crippen molar-refractivity contribution in [1.82, 2.24) is 68.5 Å². The third-order valence-corrected chi connectivity index (χ3v) is 17.4. The molecule has 564 valence electrons. The quantitative estimate of drug-likeness (QED) is 0.0718. The highest BCUT2D eigenvalue weighted by Crippen LogP contribution is 2.33. The summed E-state index contributed by atoms with van der Waals surface area (Å²) >= 11 is 19.0. The van der Waals surface area contributed by atoms with Crippen LogP contribution < -0.4 is 30.9 Å². The number of aryl methyl sites for hydroxylation is 6. The molecule has 26 nitrogen and oxygen atoms in total. The van der Waals surface area contributed by atoms with Gasteiger partial charge < -0.3 is 29.5 Å². The van der Waals surface area contributed by atoms with Crippen LogP contribution in [0.15, 0.2) is 149 Å². The van der Waals surface area contributed by atoms with E-state index in [0.29, 0.717) is 67.7 Å². The molecule has 0 aliphatic carbocycles. The number of nitrogens with zero attached hydrogens (tertiary/aromatic N) is 17. The van der Waals surface area contributed by atoms with Gasteiger partial charge in [0.05, 0.1) is 56.5 Å². The van der Waals surface area contributed by atoms with Gasteiger partial charge in [0.15, 0.2) is 22.5 Å². The smallest absolute Gasteiger partial charge is 0.280 e. The van der Waals surface area contributed by atoms with Crippen LogP contribution in [-0.2, 0) is 36.6 Å². The third kappa shape index (κ3) is 18.6. The van der Waals surface area contributed by atoms with Crippen LogP contribution in [0.2, 0.25) is 15.1 Å². The van der Waals surface area contributed by atoms with Gasteiger partial charge in [-0.15, -0.1) is 0 Å². The average molecular weight is 1560 g/mol. The summed E-state index contributed by atoms with van der Waals surface area (Å²) in [6.07, 6.45) is 10.4. The van der Waals surface area contributed by atoms with Gasteiger partial charge in [-0.25, -0.2) is 43.1 Å². The molecule has 0 saturated heterocycles. The Kier molecular flexibility index (Phi) is 24.5. The van der Waals surface area contributed by atoms with E-state index in [0.717, 1.165) is 0 Å². The Morgan fingerprint density at radius 1 is 0.414 bits per heavy atom. The molecule has 10 heterocycles. The van der Waals surface area contributed by atoms with Gasteiger partial charge in [0.1, 0.15) is 117 Å². The Morgan fingerprint density at radius 2 is 0.775 bits per heavy atom. The van der Waals surface area contributed by atoms with Crippen molar-refractivity contribution in [2.75, 3.05) is 0 Å². The summed E-state index contributed by atoms with van der Waals surface area (Å²) in [5.74, 6) is -0.816. The van der Waals surface area contributed by atoms with Crippen molar-refractivity contribution in [3.63, 3.8) is 0 Å². The first-order valence-corrected chi connectivity index (χ1v) is 34.6. The first-order valence-electron chi connectivity index (χ1n) is 33.5. The van der Waals surface area contributed by atoms with E-state index in [1.807, 2.05) is 6.07 Å². The van der Waals surface area contributed by atoms with Gasteiger partial charge in [0.2, 0.25) is 5.88 Å². The lowest BCUT2D eigenvalue weighted by Gasteiger charge is -2.17. The van der Waals surface area contributed by atoms with Crippen LogP contribution in [0.5, 0.6) is 17.4 Å². The molecule has 0 aliphatic rings. The minimum atomic E-state index is -1.28. The van der Waals surface area contributed by atoms with E-state index in [1.165, 1.54) is 87.4 Å². The Balaban J connectivity index is 0.000000177. The predicted octanol–water partition coefficient (Wildman–Crippen LogP) is 13.1. The molecule has 0 spiro atoms. The lowest BCUT2D eigenvalue weighted by Crippen LogP contribution is -2.24. The Bertz CT molecular complexity index is 5390. The van der Waals surface area contributed by atoms with Gasteiger partial charge in [-0.2, -0.15) is 20.8 Å². The number of pyridine rings is 6. The van der Waals surface area contributed by atoms with E-state index < -0.39 is 50.9 Å². The predicted molar refractivity (Wildman–Crippen MR) is 404 cm³/mol. The fraction of sp³-hybridized carbons (Fsp3) is 0.228. The molecule has 32 heteroatoms. The van der Waals surface area contributed by atoms with Crippen molar-refractivity contribution in [3.05, 3.63) is 283 Å². The molecule has 111 heavy (non-hydrogen) atoms. The lowest BCUT2D eigenvalue weighted by atomic mass is 10.0. The van der Waals surface area contributed by atoms with Gasteiger partial charge in [0, 0.05) is 78.0 Å². The van der Waals surface area contributed by atoms with Crippen molar-refractivity contribution >= 4 is 34.8 Å². The molecule has 12 aromatic rings. The maximum Gasteiger partial charge on any atom is 0.280 e. The van der Waals surface area contributed by atoms with E-state index in [4.69, 9.17) is 49.0 Å². The van der Waals surface area contributed by atoms with Gasteiger partial charge in [-0.1, -0.05) is 46.9 Å². The number of hydrogen-bond acceptors (Lipinski definition) is 23. The minimum Gasteiger partial charge on any atom is -0.485 e. The standard InChI is InChI=1S/C27H23ClFN5O3.2C26H22ClFN6O3/c1-15-9-19(29)21(32-13-15)14-37-23-10-16(2)34(25(35)24(23)28)22-11-17(5-6-18(22)12-30)20-7-8-31-26(33-20)27(3,4)36;1-14-7-17(28)20(31-11-14)13-37-22-8-15(2)34(24(35)23(22)27)21-9-19(32-12-16(21)10-29)18-5-6-30-25(33-18)26(3,4)36;1-14-9-18(28)20(31-12-14)13-37-23-22(27)24(35)34(15(2)32-23)21-10-16(5-6-17(21)11-29)19-7-8-30-25(33-19)26(3,4)36/h5-11,13,36H,14H2,1-4H3;5-9,11-12,36H,13H2,1-4H3;5-10,12,36H,13H2,1-4H3. The molecule has 0 unspecified atom stereocenters. The molecule has 0 aliphatic heterocycles. The minimum absolute atomic E-state index is 0.0417. The van der Waals surface area contributed by atoms with Crippen molar-refractivity contribution in [3.8, 4) is 86.6 Å². The fourth-order valence-electron chi connectivity index (χ4n) is 10.8. The van der Waals surface area contributed by atoms with Crippen molar-refractivity contribution in [2.45, 2.75) is 120 Å². The van der Waals surface area contributed by atoms with Gasteiger partial charge >= 0.3 is 0 Å². The topological polar surface area (TPSA) is 368 Å². The van der Waals surface area contributed by atoms with Crippen LogP contribution in [0.25, 0.3) is 51.0 Å². The summed E-state index contributed by atoms with van der Waals surface area (Å²) in [7, 11) is 0. The first-order chi connectivity index (χ1) is 52.5. The highest BCUT2D eigenvalue weighted by molar-refractivity contribution is 6.32. The molecule has 0 atom stereocenters. The van der Waals surface area contributed by atoms with Crippen LogP contribution in [0, 0.1) is 93.0 Å². The summed E-state index contributed by atoms with van der Waals surface area (Å²) in [6, 6.07) is 29.5. The summed E-state index contributed by atoms with van der Waals surface area (Å²) < 4.78 is 63.0. The largest absolute Gasteiger partial charge is 0.485 e.